The van der Waals surface area contributed by atoms with Gasteiger partial charge in [-0.25, -0.2) is 0 Å². The van der Waals surface area contributed by atoms with Crippen molar-refractivity contribution in [1.29, 1.82) is 0 Å². The number of rotatable bonds is 2. The van der Waals surface area contributed by atoms with Crippen LogP contribution in [0.5, 0.6) is 5.75 Å². The summed E-state index contributed by atoms with van der Waals surface area (Å²) in [4.78, 5) is 23.8. The molecule has 0 aromatic heterocycles. The smallest absolute Gasteiger partial charge is 0.262 e. The Labute approximate surface area is 134 Å². The monoisotopic (exact) mass is 365 g/mol. The molecule has 1 N–H and O–H groups in total. The number of ketones is 1. The van der Waals surface area contributed by atoms with Gasteiger partial charge < -0.3 is 10.1 Å². The van der Waals surface area contributed by atoms with Crippen molar-refractivity contribution in [1.82, 2.24) is 0 Å². The van der Waals surface area contributed by atoms with Crippen LogP contribution in [0.15, 0.2) is 40.9 Å². The zero-order chi connectivity index (χ0) is 15.0. The number of ether oxygens (including phenoxy) is 1. The number of anilines is 1. The van der Waals surface area contributed by atoms with Gasteiger partial charge in [0.25, 0.3) is 5.91 Å². The van der Waals surface area contributed by atoms with Gasteiger partial charge in [-0.15, -0.1) is 0 Å². The van der Waals surface area contributed by atoms with E-state index in [1.807, 2.05) is 0 Å². The first-order valence-corrected chi connectivity index (χ1v) is 7.28. The highest BCUT2D eigenvalue weighted by molar-refractivity contribution is 9.10. The third kappa shape index (κ3) is 2.80. The lowest BCUT2D eigenvalue weighted by Crippen LogP contribution is -2.25. The molecule has 0 spiro atoms. The van der Waals surface area contributed by atoms with E-state index < -0.39 is 0 Å². The molecular weight excluding hydrogens is 358 g/mol. The fourth-order valence-electron chi connectivity index (χ4n) is 2.05. The molecule has 1 aliphatic heterocycles. The van der Waals surface area contributed by atoms with Crippen molar-refractivity contribution < 1.29 is 14.3 Å². The maximum Gasteiger partial charge on any atom is 0.262 e. The van der Waals surface area contributed by atoms with Gasteiger partial charge in [0, 0.05) is 20.6 Å². The number of fused-ring (bicyclic) bond motifs is 1. The van der Waals surface area contributed by atoms with E-state index in [2.05, 4.69) is 21.2 Å². The molecule has 0 radical (unpaired) electrons. The van der Waals surface area contributed by atoms with Gasteiger partial charge in [-0.1, -0.05) is 11.6 Å². The minimum Gasteiger partial charge on any atom is -0.482 e. The maximum atomic E-state index is 12.5. The molecule has 0 aliphatic carbocycles. The lowest BCUT2D eigenvalue weighted by molar-refractivity contribution is -0.118. The van der Waals surface area contributed by atoms with Crippen molar-refractivity contribution >= 4 is 44.9 Å². The van der Waals surface area contributed by atoms with Gasteiger partial charge in [0.05, 0.1) is 5.69 Å². The van der Waals surface area contributed by atoms with Crippen LogP contribution in [0.2, 0.25) is 5.02 Å². The summed E-state index contributed by atoms with van der Waals surface area (Å²) in [5.74, 6) is 0.155. The topological polar surface area (TPSA) is 55.4 Å². The van der Waals surface area contributed by atoms with Crippen LogP contribution in [0, 0.1) is 0 Å². The Morgan fingerprint density at radius 1 is 1.24 bits per heavy atom. The van der Waals surface area contributed by atoms with Gasteiger partial charge in [0.15, 0.2) is 12.4 Å². The maximum absolute atomic E-state index is 12.5. The van der Waals surface area contributed by atoms with Crippen LogP contribution < -0.4 is 10.1 Å². The molecule has 3 rings (SSSR count). The number of amides is 1. The second kappa shape index (κ2) is 5.50. The van der Waals surface area contributed by atoms with E-state index in [0.717, 1.165) is 0 Å². The quantitative estimate of drug-likeness (QED) is 0.825. The van der Waals surface area contributed by atoms with Crippen molar-refractivity contribution in [2.24, 2.45) is 0 Å². The van der Waals surface area contributed by atoms with Crippen LogP contribution in [-0.2, 0) is 4.79 Å². The van der Waals surface area contributed by atoms with Gasteiger partial charge in [-0.3, -0.25) is 9.59 Å². The number of nitrogens with one attached hydrogen (secondary N) is 1. The van der Waals surface area contributed by atoms with E-state index in [1.165, 1.54) is 0 Å². The Morgan fingerprint density at radius 2 is 2.05 bits per heavy atom. The second-order valence-electron chi connectivity index (χ2n) is 4.50. The predicted octanol–water partition coefficient (Wildman–Crippen LogP) is 3.66. The zero-order valence-corrected chi connectivity index (χ0v) is 13.0. The molecule has 106 valence electrons. The van der Waals surface area contributed by atoms with Crippen LogP contribution in [0.1, 0.15) is 15.9 Å². The van der Waals surface area contributed by atoms with Gasteiger partial charge in [-0.2, -0.15) is 0 Å². The van der Waals surface area contributed by atoms with Gasteiger partial charge >= 0.3 is 0 Å². The summed E-state index contributed by atoms with van der Waals surface area (Å²) in [5, 5.41) is 3.23. The molecular formula is C15H9BrClNO3. The molecule has 2 aromatic carbocycles. The number of hydrogen-bond donors (Lipinski definition) is 1. The molecule has 1 amide bonds. The Balaban J connectivity index is 1.98. The summed E-state index contributed by atoms with van der Waals surface area (Å²) in [6.07, 6.45) is 0. The van der Waals surface area contributed by atoms with E-state index in [1.54, 1.807) is 36.4 Å². The zero-order valence-electron chi connectivity index (χ0n) is 10.7. The number of carbonyl (C=O) groups excluding carboxylic acids is 2. The summed E-state index contributed by atoms with van der Waals surface area (Å²) in [5.41, 5.74) is 1.46. The van der Waals surface area contributed by atoms with Crippen LogP contribution >= 0.6 is 27.5 Å². The fourth-order valence-corrected chi connectivity index (χ4v) is 2.92. The Bertz CT molecular complexity index is 761. The van der Waals surface area contributed by atoms with Crippen molar-refractivity contribution in [2.45, 2.75) is 0 Å². The molecule has 0 bridgehead atoms. The Kier molecular flexibility index (Phi) is 3.69. The number of benzene rings is 2. The molecule has 0 saturated heterocycles. The third-order valence-corrected chi connectivity index (χ3v) is 3.94. The van der Waals surface area contributed by atoms with Crippen molar-refractivity contribution in [3.05, 3.63) is 57.0 Å². The molecule has 1 aliphatic rings. The highest BCUT2D eigenvalue weighted by Crippen LogP contribution is 2.30. The summed E-state index contributed by atoms with van der Waals surface area (Å²) >= 11 is 9.20. The second-order valence-corrected chi connectivity index (χ2v) is 5.79. The van der Waals surface area contributed by atoms with E-state index >= 15 is 0 Å². The Morgan fingerprint density at radius 3 is 2.81 bits per heavy atom. The van der Waals surface area contributed by atoms with Gasteiger partial charge in [0.2, 0.25) is 0 Å². The van der Waals surface area contributed by atoms with E-state index in [9.17, 15) is 9.59 Å². The first-order chi connectivity index (χ1) is 10.0. The minimum atomic E-state index is -0.236. The SMILES string of the molecule is O=C1COc2ccc(C(=O)c3ccc(Cl)cc3Br)cc2N1. The third-order valence-electron chi connectivity index (χ3n) is 3.05. The molecule has 0 unspecified atom stereocenters. The van der Waals surface area contributed by atoms with E-state index in [4.69, 9.17) is 16.3 Å². The largest absolute Gasteiger partial charge is 0.482 e. The average molecular weight is 367 g/mol. The molecule has 0 saturated carbocycles. The summed E-state index contributed by atoms with van der Waals surface area (Å²) in [7, 11) is 0. The molecule has 21 heavy (non-hydrogen) atoms. The van der Waals surface area contributed by atoms with E-state index in [-0.39, 0.29) is 18.3 Å². The summed E-state index contributed by atoms with van der Waals surface area (Å²) in [6.45, 7) is -0.0109. The first-order valence-electron chi connectivity index (χ1n) is 6.11. The first kappa shape index (κ1) is 14.1. The van der Waals surface area contributed by atoms with Crippen LogP contribution in [0.3, 0.4) is 0 Å². The Hall–Kier alpha value is -1.85. The number of carbonyl (C=O) groups is 2. The predicted molar refractivity (Wildman–Crippen MR) is 83.2 cm³/mol. The molecule has 0 atom stereocenters. The number of halogens is 2. The van der Waals surface area contributed by atoms with Crippen LogP contribution in [-0.4, -0.2) is 18.3 Å². The normalized spacial score (nSPS) is 13.1. The average Bonchev–Trinajstić information content (AvgIpc) is 2.46. The molecule has 6 heteroatoms. The minimum absolute atomic E-state index is 0.0109. The fraction of sp³-hybridized carbons (Fsp3) is 0.0667. The molecule has 1 heterocycles. The van der Waals surface area contributed by atoms with Crippen molar-refractivity contribution in [2.75, 3.05) is 11.9 Å². The lowest BCUT2D eigenvalue weighted by Gasteiger charge is -2.18. The lowest BCUT2D eigenvalue weighted by atomic mass is 10.0. The van der Waals surface area contributed by atoms with Gasteiger partial charge in [-0.05, 0) is 52.3 Å². The van der Waals surface area contributed by atoms with Crippen LogP contribution in [0.25, 0.3) is 0 Å². The summed E-state index contributed by atoms with van der Waals surface area (Å²) in [6, 6.07) is 9.92. The molecule has 0 fully saturated rings. The van der Waals surface area contributed by atoms with Crippen molar-refractivity contribution in [3.63, 3.8) is 0 Å². The van der Waals surface area contributed by atoms with Crippen molar-refractivity contribution in [3.8, 4) is 5.75 Å². The number of hydrogen-bond acceptors (Lipinski definition) is 3. The molecule has 4 nitrogen and oxygen atoms in total. The highest BCUT2D eigenvalue weighted by atomic mass is 79.9. The standard InChI is InChI=1S/C15H9BrClNO3/c16-11-6-9(17)2-3-10(11)15(20)8-1-4-13-12(5-8)18-14(19)7-21-13/h1-6H,7H2,(H,18,19). The van der Waals surface area contributed by atoms with Crippen LogP contribution in [0.4, 0.5) is 5.69 Å². The molecule has 2 aromatic rings. The highest BCUT2D eigenvalue weighted by Gasteiger charge is 2.19. The van der Waals surface area contributed by atoms with Gasteiger partial charge in [0.1, 0.15) is 5.75 Å². The summed E-state index contributed by atoms with van der Waals surface area (Å²) < 4.78 is 5.89. The van der Waals surface area contributed by atoms with E-state index in [0.29, 0.717) is 32.1 Å².